The molecule has 2 aromatic carbocycles. The summed E-state index contributed by atoms with van der Waals surface area (Å²) < 4.78 is 27.5. The number of nitrogens with two attached hydrogens (primary N) is 1. The number of unbranched alkanes of at least 4 members (excludes halogenated alkanes) is 13. The lowest BCUT2D eigenvalue weighted by atomic mass is 10.0. The monoisotopic (exact) mass is 552 g/mol. The average Bonchev–Trinajstić information content (AvgIpc) is 2.93. The first-order valence-electron chi connectivity index (χ1n) is 14.9. The van der Waals surface area contributed by atoms with Crippen molar-refractivity contribution < 1.29 is 8.42 Å². The molecule has 6 nitrogen and oxygen atoms in total. The van der Waals surface area contributed by atoms with E-state index in [9.17, 15) is 8.42 Å². The summed E-state index contributed by atoms with van der Waals surface area (Å²) in [6, 6.07) is 17.4. The van der Waals surface area contributed by atoms with Gasteiger partial charge in [0, 0.05) is 18.1 Å². The Hall–Kier alpha value is -2.80. The van der Waals surface area contributed by atoms with E-state index >= 15 is 0 Å². The van der Waals surface area contributed by atoms with Crippen molar-refractivity contribution in [1.29, 1.82) is 0 Å². The number of nitrogens with one attached hydrogen (secondary N) is 1. The van der Waals surface area contributed by atoms with E-state index in [2.05, 4.69) is 21.4 Å². The molecule has 0 aliphatic heterocycles. The molecule has 0 aliphatic carbocycles. The topological polar surface area (TPSA) is 89.5 Å². The molecule has 0 radical (unpaired) electrons. The molecule has 0 fully saturated rings. The van der Waals surface area contributed by atoms with Crippen LogP contribution < -0.4 is 15.9 Å². The van der Waals surface area contributed by atoms with Crippen LogP contribution in [0.15, 0.2) is 59.7 Å². The maximum absolute atomic E-state index is 12.7. The summed E-state index contributed by atoms with van der Waals surface area (Å²) in [7, 11) is -1.50. The number of nitrogen functional groups attached to an aromatic ring is 1. The number of fused-ring (bicyclic) bond motifs is 1. The van der Waals surface area contributed by atoms with Gasteiger partial charge in [0.25, 0.3) is 0 Å². The first-order valence-corrected chi connectivity index (χ1v) is 16.5. The van der Waals surface area contributed by atoms with Crippen molar-refractivity contribution in [1.82, 2.24) is 9.40 Å². The molecule has 3 aromatic rings. The maximum atomic E-state index is 12.7. The minimum absolute atomic E-state index is 0.0951. The van der Waals surface area contributed by atoms with Crippen molar-refractivity contribution in [3.8, 4) is 11.3 Å². The predicted octanol–water partition coefficient (Wildman–Crippen LogP) is 7.64. The molecule has 1 aromatic heterocycles. The molecule has 3 N–H and O–H groups in total. The Labute approximate surface area is 235 Å². The summed E-state index contributed by atoms with van der Waals surface area (Å²) in [6.45, 7) is 2.26. The number of aromatic nitrogens is 1. The van der Waals surface area contributed by atoms with Crippen molar-refractivity contribution in [2.45, 2.75) is 96.8 Å². The molecule has 0 saturated carbocycles. The van der Waals surface area contributed by atoms with Gasteiger partial charge in [-0.05, 0) is 36.2 Å². The SMILES string of the molecule is CCCCCCCCCCCCCCCCS(=O)(=O)NN=c1cc(-c2ccc(N)cc2)n(C)c2ccccc12. The summed E-state index contributed by atoms with van der Waals surface area (Å²) in [5.74, 6) is 0.0951. The summed E-state index contributed by atoms with van der Waals surface area (Å²) in [5, 5.41) is 5.84. The van der Waals surface area contributed by atoms with Crippen molar-refractivity contribution in [2.75, 3.05) is 11.5 Å². The molecule has 0 unspecified atom stereocenters. The number of para-hydroxylation sites is 1. The van der Waals surface area contributed by atoms with Gasteiger partial charge in [-0.25, -0.2) is 13.2 Å². The molecule has 0 atom stereocenters. The third kappa shape index (κ3) is 10.4. The highest BCUT2D eigenvalue weighted by atomic mass is 32.2. The molecular formula is C32H48N4O2S. The Morgan fingerprint density at radius 2 is 1.31 bits per heavy atom. The van der Waals surface area contributed by atoms with Crippen LogP contribution in [0.1, 0.15) is 96.8 Å². The second-order valence-electron chi connectivity index (χ2n) is 10.7. The number of hydrogen-bond acceptors (Lipinski definition) is 4. The number of nitrogens with zero attached hydrogens (tertiary/aromatic N) is 2. The molecule has 3 rings (SSSR count). The van der Waals surface area contributed by atoms with Crippen LogP contribution in [0.3, 0.4) is 0 Å². The van der Waals surface area contributed by atoms with Gasteiger partial charge in [-0.2, -0.15) is 5.10 Å². The van der Waals surface area contributed by atoms with Gasteiger partial charge in [-0.15, -0.1) is 0 Å². The Morgan fingerprint density at radius 3 is 1.90 bits per heavy atom. The van der Waals surface area contributed by atoms with Crippen molar-refractivity contribution in [2.24, 2.45) is 12.1 Å². The standard InChI is InChI=1S/C32H48N4O2S/c1-3-4-5-6-7-8-9-10-11-12-13-14-15-18-25-39(37,38)35-34-30-26-32(27-21-23-28(33)24-22-27)36(2)31-20-17-16-19-29(30)31/h16-17,19-24,26,35H,3-15,18,25,33H2,1-2H3. The summed E-state index contributed by atoms with van der Waals surface area (Å²) in [4.78, 5) is 2.49. The third-order valence-electron chi connectivity index (χ3n) is 7.45. The predicted molar refractivity (Wildman–Crippen MR) is 166 cm³/mol. The van der Waals surface area contributed by atoms with Crippen LogP contribution in [-0.2, 0) is 17.1 Å². The first kappa shape index (κ1) is 30.7. The lowest BCUT2D eigenvalue weighted by Gasteiger charge is -2.14. The Morgan fingerprint density at radius 1 is 0.769 bits per heavy atom. The van der Waals surface area contributed by atoms with Crippen LogP contribution >= 0.6 is 0 Å². The van der Waals surface area contributed by atoms with Crippen LogP contribution in [0.2, 0.25) is 0 Å². The van der Waals surface area contributed by atoms with Gasteiger partial charge < -0.3 is 10.3 Å². The van der Waals surface area contributed by atoms with Crippen molar-refractivity contribution in [3.05, 3.63) is 60.0 Å². The molecule has 0 spiro atoms. The largest absolute Gasteiger partial charge is 0.399 e. The summed E-state index contributed by atoms with van der Waals surface area (Å²) in [5.41, 5.74) is 9.45. The lowest BCUT2D eigenvalue weighted by molar-refractivity contribution is 0.536. The van der Waals surface area contributed by atoms with Gasteiger partial charge in [0.2, 0.25) is 10.0 Å². The summed E-state index contributed by atoms with van der Waals surface area (Å²) in [6.07, 6.45) is 17.4. The second kappa shape index (κ2) is 16.3. The minimum Gasteiger partial charge on any atom is -0.399 e. The molecule has 0 bridgehead atoms. The number of pyridine rings is 1. The molecular weight excluding hydrogens is 504 g/mol. The highest BCUT2D eigenvalue weighted by Crippen LogP contribution is 2.22. The lowest BCUT2D eigenvalue weighted by Crippen LogP contribution is -2.25. The minimum atomic E-state index is -3.50. The van der Waals surface area contributed by atoms with Gasteiger partial charge >= 0.3 is 0 Å². The van der Waals surface area contributed by atoms with Crippen LogP contribution in [0.25, 0.3) is 22.2 Å². The quantitative estimate of drug-likeness (QED) is 0.0965. The van der Waals surface area contributed by atoms with Crippen molar-refractivity contribution in [3.63, 3.8) is 0 Å². The van der Waals surface area contributed by atoms with Gasteiger partial charge in [0.15, 0.2) is 0 Å². The fourth-order valence-electron chi connectivity index (χ4n) is 5.09. The van der Waals surface area contributed by atoms with E-state index in [1.807, 2.05) is 61.6 Å². The highest BCUT2D eigenvalue weighted by molar-refractivity contribution is 7.89. The molecule has 0 aliphatic rings. The van der Waals surface area contributed by atoms with E-state index in [1.54, 1.807) is 0 Å². The zero-order valence-electron chi connectivity index (χ0n) is 24.0. The fourth-order valence-corrected chi connectivity index (χ4v) is 6.00. The number of anilines is 1. The van der Waals surface area contributed by atoms with Gasteiger partial charge in [-0.3, -0.25) is 0 Å². The Bertz CT molecular complexity index is 1310. The number of rotatable bonds is 18. The van der Waals surface area contributed by atoms with E-state index in [0.29, 0.717) is 17.5 Å². The normalized spacial score (nSPS) is 12.3. The second-order valence-corrected chi connectivity index (χ2v) is 12.6. The Balaban J connectivity index is 1.46. The van der Waals surface area contributed by atoms with Crippen LogP contribution in [0, 0.1) is 0 Å². The molecule has 0 saturated heterocycles. The van der Waals surface area contributed by atoms with Crippen molar-refractivity contribution >= 4 is 26.6 Å². The van der Waals surface area contributed by atoms with E-state index in [4.69, 9.17) is 5.73 Å². The summed E-state index contributed by atoms with van der Waals surface area (Å²) >= 11 is 0. The average molecular weight is 553 g/mol. The van der Waals surface area contributed by atoms with Crippen LogP contribution in [0.5, 0.6) is 0 Å². The zero-order valence-corrected chi connectivity index (χ0v) is 24.8. The van der Waals surface area contributed by atoms with Gasteiger partial charge in [0.1, 0.15) is 0 Å². The zero-order chi connectivity index (χ0) is 27.9. The number of benzene rings is 2. The van der Waals surface area contributed by atoms with E-state index in [1.165, 1.54) is 70.6 Å². The Kier molecular flexibility index (Phi) is 12.9. The molecule has 214 valence electrons. The van der Waals surface area contributed by atoms with Gasteiger partial charge in [0.05, 0.1) is 22.3 Å². The molecule has 0 amide bonds. The van der Waals surface area contributed by atoms with E-state index < -0.39 is 10.0 Å². The maximum Gasteiger partial charge on any atom is 0.247 e. The van der Waals surface area contributed by atoms with Crippen LogP contribution in [-0.4, -0.2) is 18.7 Å². The fraction of sp³-hybridized carbons (Fsp3) is 0.531. The molecule has 1 heterocycles. The number of sulfonamides is 1. The van der Waals surface area contributed by atoms with Gasteiger partial charge in [-0.1, -0.05) is 121 Å². The third-order valence-corrected chi connectivity index (χ3v) is 8.65. The smallest absolute Gasteiger partial charge is 0.247 e. The first-order chi connectivity index (χ1) is 18.9. The highest BCUT2D eigenvalue weighted by Gasteiger charge is 2.10. The number of aryl methyl sites for hydroxylation is 1. The van der Waals surface area contributed by atoms with E-state index in [-0.39, 0.29) is 5.75 Å². The molecule has 39 heavy (non-hydrogen) atoms. The van der Waals surface area contributed by atoms with E-state index in [0.717, 1.165) is 35.0 Å². The van der Waals surface area contributed by atoms with Crippen LogP contribution in [0.4, 0.5) is 5.69 Å². The number of hydrogen-bond donors (Lipinski definition) is 2. The molecule has 7 heteroatoms.